The highest BCUT2D eigenvalue weighted by molar-refractivity contribution is 6.31. The number of aromatic hydroxyl groups is 1. The van der Waals surface area contributed by atoms with Gasteiger partial charge in [-0.05, 0) is 30.7 Å². The van der Waals surface area contributed by atoms with Crippen molar-refractivity contribution in [2.45, 2.75) is 31.3 Å². The van der Waals surface area contributed by atoms with Crippen molar-refractivity contribution in [3.63, 3.8) is 0 Å². The molecule has 4 heteroatoms. The van der Waals surface area contributed by atoms with Crippen LogP contribution in [0.3, 0.4) is 0 Å². The van der Waals surface area contributed by atoms with Crippen LogP contribution in [0.25, 0.3) is 0 Å². The first kappa shape index (κ1) is 17.7. The first-order chi connectivity index (χ1) is 13.0. The zero-order valence-corrected chi connectivity index (χ0v) is 15.9. The minimum absolute atomic E-state index is 0.000505. The fourth-order valence-corrected chi connectivity index (χ4v) is 3.81. The molecule has 2 aromatic carbocycles. The number of nitrogens with zero attached hydrogens (tertiary/aromatic N) is 2. The Bertz CT molecular complexity index is 975. The maximum absolute atomic E-state index is 10.4. The highest BCUT2D eigenvalue weighted by Gasteiger charge is 2.29. The van der Waals surface area contributed by atoms with Gasteiger partial charge in [0.05, 0.1) is 17.3 Å². The minimum atomic E-state index is -0.315. The molecule has 0 radical (unpaired) electrons. The number of hydrogen-bond donors (Lipinski definition) is 1. The van der Waals surface area contributed by atoms with Crippen molar-refractivity contribution < 1.29 is 5.11 Å². The molecule has 0 saturated carbocycles. The van der Waals surface area contributed by atoms with E-state index in [0.29, 0.717) is 17.0 Å². The molecule has 27 heavy (non-hydrogen) atoms. The third-order valence-corrected chi connectivity index (χ3v) is 5.18. The van der Waals surface area contributed by atoms with Crippen LogP contribution >= 0.6 is 11.6 Å². The number of benzene rings is 2. The van der Waals surface area contributed by atoms with Crippen molar-refractivity contribution in [2.24, 2.45) is 9.98 Å². The molecule has 1 aliphatic heterocycles. The van der Waals surface area contributed by atoms with Crippen LogP contribution in [0.1, 0.15) is 30.9 Å². The molecule has 3 nitrogen and oxygen atoms in total. The molecule has 2 aromatic rings. The van der Waals surface area contributed by atoms with Gasteiger partial charge in [0.1, 0.15) is 5.75 Å². The molecule has 0 amide bonds. The number of phenols is 1. The molecule has 1 heterocycles. The van der Waals surface area contributed by atoms with E-state index in [1.165, 1.54) is 0 Å². The van der Waals surface area contributed by atoms with Crippen molar-refractivity contribution in [1.29, 1.82) is 0 Å². The summed E-state index contributed by atoms with van der Waals surface area (Å²) in [5, 5.41) is 11.0. The maximum atomic E-state index is 10.4. The SMILES string of the molecule is CC12C=CC=CC(C1)N=C(c1cc(Cl)ccc1O)CC(c1ccccc1)=N2. The summed E-state index contributed by atoms with van der Waals surface area (Å²) in [6.07, 6.45) is 9.62. The number of phenolic OH excluding ortho intramolecular Hbond substituents is 1. The highest BCUT2D eigenvalue weighted by Crippen LogP contribution is 2.31. The molecule has 1 N–H and O–H groups in total. The molecule has 2 atom stereocenters. The molecule has 0 aromatic heterocycles. The van der Waals surface area contributed by atoms with Crippen molar-refractivity contribution in [3.05, 3.63) is 89.0 Å². The molecule has 0 fully saturated rings. The zero-order valence-electron chi connectivity index (χ0n) is 15.1. The van der Waals surface area contributed by atoms with Crippen molar-refractivity contribution in [2.75, 3.05) is 0 Å². The summed E-state index contributed by atoms with van der Waals surface area (Å²) in [4.78, 5) is 10.1. The van der Waals surface area contributed by atoms with Gasteiger partial charge in [0, 0.05) is 29.1 Å². The largest absolute Gasteiger partial charge is 0.507 e. The van der Waals surface area contributed by atoms with E-state index < -0.39 is 0 Å². The Labute approximate surface area is 164 Å². The van der Waals surface area contributed by atoms with Gasteiger partial charge < -0.3 is 5.11 Å². The van der Waals surface area contributed by atoms with Crippen LogP contribution in [0.15, 0.2) is 82.8 Å². The molecular formula is C23H21ClN2O. The highest BCUT2D eigenvalue weighted by atomic mass is 35.5. The molecular weight excluding hydrogens is 356 g/mol. The lowest BCUT2D eigenvalue weighted by molar-refractivity contribution is 0.473. The smallest absolute Gasteiger partial charge is 0.124 e. The lowest BCUT2D eigenvalue weighted by Crippen LogP contribution is -2.29. The van der Waals surface area contributed by atoms with Gasteiger partial charge in [0.15, 0.2) is 0 Å². The third kappa shape index (κ3) is 3.88. The second-order valence-corrected chi connectivity index (χ2v) is 7.65. The number of fused-ring (bicyclic) bond motifs is 2. The van der Waals surface area contributed by atoms with Crippen LogP contribution in [0, 0.1) is 0 Å². The third-order valence-electron chi connectivity index (χ3n) is 4.95. The van der Waals surface area contributed by atoms with Gasteiger partial charge in [-0.15, -0.1) is 0 Å². The van der Waals surface area contributed by atoms with E-state index in [-0.39, 0.29) is 17.3 Å². The molecule has 2 bridgehead atoms. The van der Waals surface area contributed by atoms with Gasteiger partial charge in [-0.25, -0.2) is 0 Å². The van der Waals surface area contributed by atoms with E-state index in [2.05, 4.69) is 31.2 Å². The first-order valence-corrected chi connectivity index (χ1v) is 9.46. The van der Waals surface area contributed by atoms with Crippen LogP contribution in [0.2, 0.25) is 5.02 Å². The summed E-state index contributed by atoms with van der Waals surface area (Å²) in [7, 11) is 0. The van der Waals surface area contributed by atoms with E-state index >= 15 is 0 Å². The van der Waals surface area contributed by atoms with Crippen molar-refractivity contribution in [1.82, 2.24) is 0 Å². The Morgan fingerprint density at radius 3 is 2.70 bits per heavy atom. The topological polar surface area (TPSA) is 45.0 Å². The Kier molecular flexibility index (Phi) is 4.71. The molecule has 2 unspecified atom stereocenters. The molecule has 2 aliphatic rings. The lowest BCUT2D eigenvalue weighted by Gasteiger charge is -2.28. The van der Waals surface area contributed by atoms with Crippen molar-refractivity contribution >= 4 is 23.0 Å². The van der Waals surface area contributed by atoms with Crippen LogP contribution in [0.5, 0.6) is 5.75 Å². The summed E-state index contributed by atoms with van der Waals surface area (Å²) in [6.45, 7) is 2.14. The van der Waals surface area contributed by atoms with E-state index in [1.807, 2.05) is 30.4 Å². The van der Waals surface area contributed by atoms with Gasteiger partial charge in [0.2, 0.25) is 0 Å². The van der Waals surface area contributed by atoms with E-state index in [1.54, 1.807) is 18.2 Å². The second-order valence-electron chi connectivity index (χ2n) is 7.21. The summed E-state index contributed by atoms with van der Waals surface area (Å²) in [5.74, 6) is 0.185. The van der Waals surface area contributed by atoms with Crippen molar-refractivity contribution in [3.8, 4) is 5.75 Å². The molecule has 1 aliphatic carbocycles. The number of allylic oxidation sites excluding steroid dienone is 2. The lowest BCUT2D eigenvalue weighted by atomic mass is 9.90. The molecule has 0 spiro atoms. The standard InChI is InChI=1S/C23H21ClN2O/c1-23-12-6-5-9-18(15-23)25-21(19-13-17(24)10-11-22(19)27)14-20(26-23)16-7-3-2-4-8-16/h2-13,18,27H,14-15H2,1H3. The Hall–Kier alpha value is -2.65. The average molecular weight is 377 g/mol. The summed E-state index contributed by atoms with van der Waals surface area (Å²) in [5.41, 5.74) is 3.18. The molecule has 0 saturated heterocycles. The fraction of sp³-hybridized carbons (Fsp3) is 0.217. The molecule has 4 rings (SSSR count). The van der Waals surface area contributed by atoms with Gasteiger partial charge in [0.25, 0.3) is 0 Å². The van der Waals surface area contributed by atoms with E-state index in [9.17, 15) is 5.11 Å². The Morgan fingerprint density at radius 2 is 1.89 bits per heavy atom. The van der Waals surface area contributed by atoms with Crippen LogP contribution in [-0.2, 0) is 0 Å². The Morgan fingerprint density at radius 1 is 1.07 bits per heavy atom. The summed E-state index contributed by atoms with van der Waals surface area (Å²) >= 11 is 6.19. The number of hydrogen-bond acceptors (Lipinski definition) is 3. The van der Waals surface area contributed by atoms with E-state index in [4.69, 9.17) is 21.6 Å². The normalized spacial score (nSPS) is 24.4. The quantitative estimate of drug-likeness (QED) is 0.752. The first-order valence-electron chi connectivity index (χ1n) is 9.08. The average Bonchev–Trinajstić information content (AvgIpc) is 2.84. The number of aliphatic imine (C=N–C) groups is 2. The van der Waals surface area contributed by atoms with Crippen LogP contribution < -0.4 is 0 Å². The van der Waals surface area contributed by atoms with Gasteiger partial charge in [-0.2, -0.15) is 0 Å². The Balaban J connectivity index is 1.86. The molecule has 136 valence electrons. The predicted molar refractivity (Wildman–Crippen MR) is 112 cm³/mol. The minimum Gasteiger partial charge on any atom is -0.507 e. The summed E-state index contributed by atoms with van der Waals surface area (Å²) < 4.78 is 0. The van der Waals surface area contributed by atoms with Crippen LogP contribution in [0.4, 0.5) is 0 Å². The van der Waals surface area contributed by atoms with Gasteiger partial charge >= 0.3 is 0 Å². The second kappa shape index (κ2) is 7.16. The fourth-order valence-electron chi connectivity index (χ4n) is 3.64. The maximum Gasteiger partial charge on any atom is 0.124 e. The monoisotopic (exact) mass is 376 g/mol. The number of halogens is 1. The predicted octanol–water partition coefficient (Wildman–Crippen LogP) is 5.37. The number of rotatable bonds is 2. The van der Waals surface area contributed by atoms with Gasteiger partial charge in [-0.1, -0.05) is 66.2 Å². The zero-order chi connectivity index (χ0) is 18.9. The summed E-state index contributed by atoms with van der Waals surface area (Å²) in [6, 6.07) is 15.2. The van der Waals surface area contributed by atoms with Gasteiger partial charge in [-0.3, -0.25) is 9.98 Å². The van der Waals surface area contributed by atoms with E-state index in [0.717, 1.165) is 23.4 Å². The van der Waals surface area contributed by atoms with Crippen LogP contribution in [-0.4, -0.2) is 28.1 Å².